The van der Waals surface area contributed by atoms with Gasteiger partial charge < -0.3 is 9.80 Å². The molecule has 0 aliphatic carbocycles. The Morgan fingerprint density at radius 1 is 0.338 bits per heavy atom. The minimum Gasteiger partial charge on any atom is -0.311 e. The van der Waals surface area contributed by atoms with Crippen LogP contribution in [0.3, 0.4) is 0 Å². The van der Waals surface area contributed by atoms with Gasteiger partial charge in [0, 0.05) is 43.1 Å². The first-order chi connectivity index (χ1) is 38.6. The van der Waals surface area contributed by atoms with Gasteiger partial charge in [-0.3, -0.25) is 0 Å². The summed E-state index contributed by atoms with van der Waals surface area (Å²) in [7, 11) is 0. The third-order valence-electron chi connectivity index (χ3n) is 17.6. The number of rotatable bonds is 5. The van der Waals surface area contributed by atoms with Crippen LogP contribution in [0.25, 0.3) is 86.6 Å². The molecule has 0 atom stereocenters. The van der Waals surface area contributed by atoms with Crippen molar-refractivity contribution >= 4 is 121 Å². The predicted molar refractivity (Wildman–Crippen MR) is 349 cm³/mol. The molecule has 2 nitrogen and oxygen atoms in total. The van der Waals surface area contributed by atoms with E-state index in [4.69, 9.17) is 0 Å². The lowest BCUT2D eigenvalue weighted by molar-refractivity contribution is 0.569. The fourth-order valence-corrected chi connectivity index (χ4v) is 14.9. The van der Waals surface area contributed by atoms with Gasteiger partial charge in [0.1, 0.15) is 0 Å². The maximum Gasteiger partial charge on any atom is 0.264 e. The maximum absolute atomic E-state index is 2.69. The molecule has 1 aromatic heterocycles. The normalized spacial score (nSPS) is 13.5. The van der Waals surface area contributed by atoms with Gasteiger partial charge in [-0.25, -0.2) is 0 Å². The average Bonchev–Trinajstić information content (AvgIpc) is 3.99. The zero-order valence-electron chi connectivity index (χ0n) is 47.2. The van der Waals surface area contributed by atoms with E-state index < -0.39 is 0 Å². The smallest absolute Gasteiger partial charge is 0.264 e. The number of thiophene rings is 1. The minimum absolute atomic E-state index is 0.0394. The molecular weight excluding hydrogens is 984 g/mol. The molecule has 15 rings (SSSR count). The summed E-state index contributed by atoms with van der Waals surface area (Å²) in [6.07, 6.45) is 0. The van der Waals surface area contributed by atoms with E-state index in [9.17, 15) is 0 Å². The molecule has 4 heteroatoms. The highest BCUT2D eigenvalue weighted by molar-refractivity contribution is 7.34. The number of hydrogen-bond donors (Lipinski definition) is 0. The summed E-state index contributed by atoms with van der Waals surface area (Å²) >= 11 is 1.99. The van der Waals surface area contributed by atoms with Crippen LogP contribution in [0, 0.1) is 0 Å². The summed E-state index contributed by atoms with van der Waals surface area (Å²) in [5, 5.41) is 11.6. The van der Waals surface area contributed by atoms with E-state index in [1.165, 1.54) is 147 Å². The summed E-state index contributed by atoms with van der Waals surface area (Å²) < 4.78 is 2.70. The molecule has 0 saturated carbocycles. The average molecular weight is 1050 g/mol. The topological polar surface area (TPSA) is 6.48 Å². The van der Waals surface area contributed by atoms with Crippen molar-refractivity contribution in [3.63, 3.8) is 0 Å². The van der Waals surface area contributed by atoms with Gasteiger partial charge in [0.15, 0.2) is 0 Å². The zero-order chi connectivity index (χ0) is 54.6. The van der Waals surface area contributed by atoms with Crippen LogP contribution < -0.4 is 25.5 Å². The second-order valence-corrected chi connectivity index (χ2v) is 26.8. The van der Waals surface area contributed by atoms with Gasteiger partial charge in [-0.1, -0.05) is 244 Å². The van der Waals surface area contributed by atoms with Crippen molar-refractivity contribution in [2.45, 2.75) is 78.6 Å². The van der Waals surface area contributed by atoms with Crippen LogP contribution in [0.2, 0.25) is 0 Å². The molecule has 0 saturated heterocycles. The van der Waals surface area contributed by atoms with Gasteiger partial charge in [0.2, 0.25) is 0 Å². The first-order valence-corrected chi connectivity index (χ1v) is 29.3. The lowest BCUT2D eigenvalue weighted by atomic mass is 9.36. The molecule has 80 heavy (non-hydrogen) atoms. The van der Waals surface area contributed by atoms with Gasteiger partial charge in [0.05, 0.1) is 17.1 Å². The van der Waals surface area contributed by atoms with E-state index >= 15 is 0 Å². The molecule has 0 N–H and O–H groups in total. The highest BCUT2D eigenvalue weighted by Crippen LogP contribution is 2.54. The van der Waals surface area contributed by atoms with E-state index in [-0.39, 0.29) is 23.0 Å². The Labute approximate surface area is 475 Å². The molecule has 0 amide bonds. The molecule has 13 aromatic rings. The van der Waals surface area contributed by atoms with Crippen molar-refractivity contribution in [2.75, 3.05) is 9.80 Å². The molecule has 0 radical (unpaired) electrons. The van der Waals surface area contributed by atoms with Crippen molar-refractivity contribution in [1.29, 1.82) is 0 Å². The number of anilines is 6. The monoisotopic (exact) mass is 1050 g/mol. The fraction of sp³-hybridized carbons (Fsp3) is 0.158. The summed E-state index contributed by atoms with van der Waals surface area (Å²) in [5.74, 6) is 0. The molecule has 386 valence electrons. The summed E-state index contributed by atoms with van der Waals surface area (Å²) in [6.45, 7) is 21.2. The van der Waals surface area contributed by atoms with Crippen molar-refractivity contribution < 1.29 is 0 Å². The minimum atomic E-state index is -0.202. The largest absolute Gasteiger partial charge is 0.311 e. The number of nitrogens with zero attached hydrogens (tertiary/aromatic N) is 2. The van der Waals surface area contributed by atoms with Crippen LogP contribution in [-0.4, -0.2) is 6.71 Å². The van der Waals surface area contributed by atoms with Crippen LogP contribution in [0.15, 0.2) is 218 Å². The SMILES string of the molecule is CC(C)(C)c1cc(-c2ccc3c(c2)N(c2ccccc2-c2cc4cccc5ccc6cccc2c6c54)c2cc(C(C)(C)C)cc4c2B3c2sc3c(ccc5ccccc53)c2N4c2ccccc2-c2ccccc2)cc(C(C)(C)C)c1. The van der Waals surface area contributed by atoms with Gasteiger partial charge in [0.25, 0.3) is 6.71 Å². The predicted octanol–water partition coefficient (Wildman–Crippen LogP) is 19.9. The van der Waals surface area contributed by atoms with Gasteiger partial charge in [-0.15, -0.1) is 11.3 Å². The van der Waals surface area contributed by atoms with E-state index in [0.717, 1.165) is 5.69 Å². The molecule has 0 bridgehead atoms. The van der Waals surface area contributed by atoms with Crippen LogP contribution in [-0.2, 0) is 16.2 Å². The van der Waals surface area contributed by atoms with E-state index in [2.05, 4.69) is 291 Å². The second-order valence-electron chi connectivity index (χ2n) is 25.7. The van der Waals surface area contributed by atoms with Crippen LogP contribution in [0.5, 0.6) is 0 Å². The van der Waals surface area contributed by atoms with Gasteiger partial charge >= 0.3 is 0 Å². The summed E-state index contributed by atoms with van der Waals surface area (Å²) in [5.41, 5.74) is 21.0. The first-order valence-electron chi connectivity index (χ1n) is 28.5. The van der Waals surface area contributed by atoms with Crippen molar-refractivity contribution in [2.24, 2.45) is 0 Å². The quantitative estimate of drug-likeness (QED) is 0.125. The molecule has 0 spiro atoms. The molecule has 3 heterocycles. The highest BCUT2D eigenvalue weighted by atomic mass is 32.1. The highest BCUT2D eigenvalue weighted by Gasteiger charge is 2.47. The maximum atomic E-state index is 2.69. The van der Waals surface area contributed by atoms with E-state index in [1.807, 2.05) is 11.3 Å². The Morgan fingerprint density at radius 3 is 1.62 bits per heavy atom. The lowest BCUT2D eigenvalue weighted by Gasteiger charge is -2.45. The van der Waals surface area contributed by atoms with Gasteiger partial charge in [-0.05, 0) is 146 Å². The third-order valence-corrected chi connectivity index (χ3v) is 18.9. The third kappa shape index (κ3) is 7.45. The zero-order valence-corrected chi connectivity index (χ0v) is 48.0. The van der Waals surface area contributed by atoms with Crippen molar-refractivity contribution in [1.82, 2.24) is 0 Å². The van der Waals surface area contributed by atoms with E-state index in [0.29, 0.717) is 0 Å². The Bertz CT molecular complexity index is 4640. The fourth-order valence-electron chi connectivity index (χ4n) is 13.4. The molecule has 0 unspecified atom stereocenters. The number of fused-ring (bicyclic) bond motifs is 8. The number of hydrogen-bond acceptors (Lipinski definition) is 3. The van der Waals surface area contributed by atoms with E-state index in [1.54, 1.807) is 0 Å². The summed E-state index contributed by atoms with van der Waals surface area (Å²) in [6, 6.07) is 83.8. The lowest BCUT2D eigenvalue weighted by Crippen LogP contribution is -2.60. The Morgan fingerprint density at radius 2 is 0.900 bits per heavy atom. The Balaban J connectivity index is 1.09. The Hall–Kier alpha value is -8.44. The molecule has 0 fully saturated rings. The van der Waals surface area contributed by atoms with Crippen molar-refractivity contribution in [3.8, 4) is 33.4 Å². The Kier molecular flexibility index (Phi) is 10.7. The van der Waals surface area contributed by atoms with Gasteiger partial charge in [-0.2, -0.15) is 0 Å². The van der Waals surface area contributed by atoms with Crippen molar-refractivity contribution in [3.05, 3.63) is 235 Å². The van der Waals surface area contributed by atoms with Crippen LogP contribution >= 0.6 is 11.3 Å². The van der Waals surface area contributed by atoms with Crippen LogP contribution in [0.1, 0.15) is 79.0 Å². The molecule has 2 aliphatic rings. The first kappa shape index (κ1) is 48.7. The molecule has 2 aliphatic heterocycles. The second kappa shape index (κ2) is 17.5. The van der Waals surface area contributed by atoms with Crippen LogP contribution in [0.4, 0.5) is 34.1 Å². The standard InChI is InChI=1S/C76H63BN2S/c1-74(2,3)53-39-52(40-54(43-53)75(4,5)6)50-36-38-62-65(42-50)78(64-32-18-16-29-58(64)61-41-51-26-19-24-48-33-34-49-25-20-30-59(61)69(49)68(48)51)66-44-55(76(7,8)9)45-67-70(66)77(62)73-71(60-37-35-47-23-13-14-28-57(47)72(60)80-73)79(67)63-31-17-15-27-56(63)46-21-11-10-12-22-46/h10-45H,1-9H3. The number of para-hydroxylation sites is 2. The molecule has 12 aromatic carbocycles. The molecular formula is C76H63BN2S. The summed E-state index contributed by atoms with van der Waals surface area (Å²) in [4.78, 5) is 5.36. The number of benzene rings is 12.